The smallest absolute Gasteiger partial charge is 0.349 e. The van der Waals surface area contributed by atoms with E-state index in [4.69, 9.17) is 11.6 Å². The zero-order valence-electron chi connectivity index (χ0n) is 14.9. The highest BCUT2D eigenvalue weighted by atomic mass is 35.5. The molecule has 0 atom stereocenters. The molecule has 2 aromatic carbocycles. The highest BCUT2D eigenvalue weighted by Crippen LogP contribution is 2.32. The average Bonchev–Trinajstić information content (AvgIpc) is 3.45. The number of halogens is 5. The first-order chi connectivity index (χ1) is 13.6. The minimum atomic E-state index is -4.75. The van der Waals surface area contributed by atoms with E-state index in [0.717, 1.165) is 25.0 Å². The third kappa shape index (κ3) is 5.60. The van der Waals surface area contributed by atoms with Crippen LogP contribution in [0.3, 0.4) is 0 Å². The molecule has 154 valence electrons. The normalized spacial score (nSPS) is 13.7. The van der Waals surface area contributed by atoms with Crippen LogP contribution in [0, 0.1) is 5.82 Å². The van der Waals surface area contributed by atoms with Gasteiger partial charge in [0.15, 0.2) is 0 Å². The molecule has 0 radical (unpaired) electrons. The third-order valence-corrected chi connectivity index (χ3v) is 4.53. The first-order valence-electron chi connectivity index (χ1n) is 8.64. The van der Waals surface area contributed by atoms with Gasteiger partial charge in [0, 0.05) is 18.3 Å². The molecule has 10 heteroatoms. The lowest BCUT2D eigenvalue weighted by molar-refractivity contribution is -0.138. The number of benzene rings is 2. The van der Waals surface area contributed by atoms with Crippen molar-refractivity contribution in [2.75, 3.05) is 5.32 Å². The van der Waals surface area contributed by atoms with Gasteiger partial charge in [0.05, 0.1) is 16.1 Å². The van der Waals surface area contributed by atoms with Gasteiger partial charge in [-0.05, 0) is 48.7 Å². The maximum absolute atomic E-state index is 13.1. The maximum atomic E-state index is 13.1. The van der Waals surface area contributed by atoms with E-state index in [1.165, 1.54) is 18.2 Å². The molecule has 1 saturated carbocycles. The summed E-state index contributed by atoms with van der Waals surface area (Å²) in [5, 5.41) is 7.69. The summed E-state index contributed by atoms with van der Waals surface area (Å²) in [6, 6.07) is 5.80. The fraction of sp³-hybridized carbons (Fsp3) is 0.263. The van der Waals surface area contributed by atoms with Crippen LogP contribution in [0.15, 0.2) is 36.4 Å². The number of carbonyl (C=O) groups is 2. The highest BCUT2D eigenvalue weighted by molar-refractivity contribution is 6.34. The fourth-order valence-corrected chi connectivity index (χ4v) is 2.79. The Morgan fingerprint density at radius 2 is 1.83 bits per heavy atom. The Morgan fingerprint density at radius 3 is 2.48 bits per heavy atom. The largest absolute Gasteiger partial charge is 0.416 e. The molecule has 0 heterocycles. The van der Waals surface area contributed by atoms with E-state index in [-0.39, 0.29) is 33.8 Å². The molecule has 1 aliphatic rings. The molecule has 2 aromatic rings. The van der Waals surface area contributed by atoms with E-state index in [0.29, 0.717) is 6.07 Å². The molecule has 1 aliphatic carbocycles. The van der Waals surface area contributed by atoms with Crippen LogP contribution in [0.1, 0.15) is 34.3 Å². The van der Waals surface area contributed by atoms with Gasteiger partial charge in [0.25, 0.3) is 5.91 Å². The summed E-state index contributed by atoms with van der Waals surface area (Å²) in [7, 11) is 0. The number of amides is 3. The summed E-state index contributed by atoms with van der Waals surface area (Å²) in [6.45, 7) is -0.469. The van der Waals surface area contributed by atoms with Crippen molar-refractivity contribution in [2.24, 2.45) is 0 Å². The van der Waals surface area contributed by atoms with E-state index in [9.17, 15) is 27.2 Å². The minimum Gasteiger partial charge on any atom is -0.349 e. The molecule has 1 fully saturated rings. The zero-order valence-corrected chi connectivity index (χ0v) is 15.6. The van der Waals surface area contributed by atoms with Crippen molar-refractivity contribution < 1.29 is 27.2 Å². The number of hydrogen-bond donors (Lipinski definition) is 3. The predicted octanol–water partition coefficient (Wildman–Crippen LogP) is 4.71. The van der Waals surface area contributed by atoms with Crippen LogP contribution >= 0.6 is 11.6 Å². The Balaban J connectivity index is 1.65. The van der Waals surface area contributed by atoms with Crippen molar-refractivity contribution in [3.63, 3.8) is 0 Å². The van der Waals surface area contributed by atoms with Gasteiger partial charge in [-0.3, -0.25) is 4.79 Å². The Kier molecular flexibility index (Phi) is 5.97. The summed E-state index contributed by atoms with van der Waals surface area (Å²) >= 11 is 6.02. The van der Waals surface area contributed by atoms with E-state index in [1.807, 2.05) is 0 Å². The van der Waals surface area contributed by atoms with E-state index >= 15 is 0 Å². The fourth-order valence-electron chi connectivity index (χ4n) is 2.59. The van der Waals surface area contributed by atoms with E-state index in [2.05, 4.69) is 16.0 Å². The molecule has 3 rings (SSSR count). The number of nitrogens with one attached hydrogen (secondary N) is 3. The molecular formula is C19H16ClF4N3O2. The Bertz CT molecular complexity index is 946. The molecule has 0 bridgehead atoms. The number of alkyl halides is 3. The molecular weight excluding hydrogens is 414 g/mol. The molecule has 0 aliphatic heterocycles. The van der Waals surface area contributed by atoms with Gasteiger partial charge in [-0.15, -0.1) is 0 Å². The van der Waals surface area contributed by atoms with Crippen molar-refractivity contribution in [3.05, 3.63) is 63.9 Å². The average molecular weight is 430 g/mol. The van der Waals surface area contributed by atoms with Gasteiger partial charge in [-0.1, -0.05) is 17.7 Å². The first kappa shape index (κ1) is 20.9. The van der Waals surface area contributed by atoms with Crippen molar-refractivity contribution in [1.82, 2.24) is 10.6 Å². The summed E-state index contributed by atoms with van der Waals surface area (Å²) in [5.41, 5.74) is -1.03. The lowest BCUT2D eigenvalue weighted by Crippen LogP contribution is -2.29. The molecule has 0 saturated heterocycles. The van der Waals surface area contributed by atoms with Gasteiger partial charge < -0.3 is 16.0 Å². The number of hydrogen-bond acceptors (Lipinski definition) is 2. The Labute approximate surface area is 168 Å². The standard InChI is InChI=1S/C19H16ClF4N3O2/c20-16-6-5-13(8-14(16)17(28)26-12-3-4-12)27-18(29)25-9-10-1-2-11(21)7-15(10)19(22,23)24/h1-2,5-8,12H,3-4,9H2,(H,26,28)(H2,25,27,29). The molecule has 3 N–H and O–H groups in total. The summed E-state index contributed by atoms with van der Waals surface area (Å²) in [6.07, 6.45) is -2.96. The summed E-state index contributed by atoms with van der Waals surface area (Å²) in [4.78, 5) is 24.2. The van der Waals surface area contributed by atoms with Crippen LogP contribution in [-0.2, 0) is 12.7 Å². The van der Waals surface area contributed by atoms with Crippen LogP contribution in [0.2, 0.25) is 5.02 Å². The van der Waals surface area contributed by atoms with Crippen LogP contribution in [0.5, 0.6) is 0 Å². The lowest BCUT2D eigenvalue weighted by Gasteiger charge is -2.14. The van der Waals surface area contributed by atoms with Crippen molar-refractivity contribution in [3.8, 4) is 0 Å². The van der Waals surface area contributed by atoms with Crippen molar-refractivity contribution >= 4 is 29.2 Å². The quantitative estimate of drug-likeness (QED) is 0.602. The molecule has 0 spiro atoms. The molecule has 5 nitrogen and oxygen atoms in total. The summed E-state index contributed by atoms with van der Waals surface area (Å²) < 4.78 is 52.2. The minimum absolute atomic E-state index is 0.122. The second kappa shape index (κ2) is 8.28. The molecule has 29 heavy (non-hydrogen) atoms. The molecule has 3 amide bonds. The Morgan fingerprint density at radius 1 is 1.10 bits per heavy atom. The van der Waals surface area contributed by atoms with Gasteiger partial charge in [-0.25, -0.2) is 9.18 Å². The van der Waals surface area contributed by atoms with Crippen LogP contribution in [0.4, 0.5) is 28.0 Å². The maximum Gasteiger partial charge on any atom is 0.416 e. The molecule has 0 unspecified atom stereocenters. The third-order valence-electron chi connectivity index (χ3n) is 4.20. The van der Waals surface area contributed by atoms with Crippen LogP contribution < -0.4 is 16.0 Å². The van der Waals surface area contributed by atoms with Crippen molar-refractivity contribution in [1.29, 1.82) is 0 Å². The van der Waals surface area contributed by atoms with Crippen molar-refractivity contribution in [2.45, 2.75) is 31.6 Å². The second-order valence-electron chi connectivity index (χ2n) is 6.55. The highest BCUT2D eigenvalue weighted by Gasteiger charge is 2.33. The second-order valence-corrected chi connectivity index (χ2v) is 6.96. The van der Waals surface area contributed by atoms with Gasteiger partial charge in [0.2, 0.25) is 0 Å². The monoisotopic (exact) mass is 429 g/mol. The number of anilines is 1. The lowest BCUT2D eigenvalue weighted by atomic mass is 10.1. The number of carbonyl (C=O) groups excluding carboxylic acids is 2. The van der Waals surface area contributed by atoms with Crippen LogP contribution in [-0.4, -0.2) is 18.0 Å². The van der Waals surface area contributed by atoms with Crippen LogP contribution in [0.25, 0.3) is 0 Å². The predicted molar refractivity (Wildman–Crippen MR) is 99.2 cm³/mol. The zero-order chi connectivity index (χ0) is 21.2. The van der Waals surface area contributed by atoms with E-state index in [1.54, 1.807) is 0 Å². The first-order valence-corrected chi connectivity index (χ1v) is 9.02. The number of urea groups is 1. The summed E-state index contributed by atoms with van der Waals surface area (Å²) in [5.74, 6) is -1.40. The van der Waals surface area contributed by atoms with Gasteiger partial charge in [-0.2, -0.15) is 13.2 Å². The molecule has 0 aromatic heterocycles. The topological polar surface area (TPSA) is 70.2 Å². The van der Waals surface area contributed by atoms with Gasteiger partial charge in [0.1, 0.15) is 5.82 Å². The Hall–Kier alpha value is -2.81. The van der Waals surface area contributed by atoms with E-state index < -0.39 is 30.1 Å². The van der Waals surface area contributed by atoms with Gasteiger partial charge >= 0.3 is 12.2 Å². The SMILES string of the molecule is O=C(NCc1ccc(F)cc1C(F)(F)F)Nc1ccc(Cl)c(C(=O)NC2CC2)c1. The number of rotatable bonds is 5.